The van der Waals surface area contributed by atoms with E-state index in [0.717, 1.165) is 11.3 Å². The third-order valence-corrected chi connectivity index (χ3v) is 3.33. The molecule has 1 heterocycles. The summed E-state index contributed by atoms with van der Waals surface area (Å²) in [4.78, 5) is 0.252. The number of nitrogens with one attached hydrogen (secondary N) is 1. The van der Waals surface area contributed by atoms with Crippen LogP contribution in [0, 0.1) is 26.6 Å². The molecule has 0 amide bonds. The van der Waals surface area contributed by atoms with Crippen molar-refractivity contribution in [2.45, 2.75) is 20.8 Å². The van der Waals surface area contributed by atoms with Crippen LogP contribution in [-0.2, 0) is 0 Å². The van der Waals surface area contributed by atoms with Crippen molar-refractivity contribution in [2.75, 3.05) is 5.32 Å². The smallest absolute Gasteiger partial charge is 0.163 e. The van der Waals surface area contributed by atoms with E-state index in [-0.39, 0.29) is 10.8 Å². The van der Waals surface area contributed by atoms with E-state index in [2.05, 4.69) is 15.5 Å². The van der Waals surface area contributed by atoms with Crippen LogP contribution in [0.4, 0.5) is 15.9 Å². The molecule has 0 bridgehead atoms. The summed E-state index contributed by atoms with van der Waals surface area (Å²) >= 11 is 5.07. The highest BCUT2D eigenvalue weighted by Gasteiger charge is 2.14. The van der Waals surface area contributed by atoms with E-state index in [4.69, 9.17) is 18.0 Å². The molecule has 6 heteroatoms. The van der Waals surface area contributed by atoms with Crippen LogP contribution in [0.1, 0.15) is 22.4 Å². The quantitative estimate of drug-likeness (QED) is 0.851. The summed E-state index contributed by atoms with van der Waals surface area (Å²) in [5.74, 6) is 0.225. The Kier molecular flexibility index (Phi) is 3.94. The Bertz CT molecular complexity index is 685. The van der Waals surface area contributed by atoms with Crippen LogP contribution in [0.15, 0.2) is 18.2 Å². The number of nitrogens with zero attached hydrogens (tertiary/aromatic N) is 2. The molecule has 0 aliphatic heterocycles. The molecule has 0 saturated carbocycles. The van der Waals surface area contributed by atoms with E-state index >= 15 is 0 Å². The number of halogens is 1. The van der Waals surface area contributed by atoms with E-state index in [9.17, 15) is 4.39 Å². The van der Waals surface area contributed by atoms with Gasteiger partial charge in [-0.3, -0.25) is 0 Å². The number of rotatable bonds is 3. The molecule has 2 aromatic rings. The van der Waals surface area contributed by atoms with E-state index < -0.39 is 0 Å². The summed E-state index contributed by atoms with van der Waals surface area (Å²) in [6, 6.07) is 4.71. The summed E-state index contributed by atoms with van der Waals surface area (Å²) in [6.07, 6.45) is 0. The van der Waals surface area contributed by atoms with Gasteiger partial charge in [0.25, 0.3) is 0 Å². The van der Waals surface area contributed by atoms with Crippen LogP contribution in [0.5, 0.6) is 0 Å². The maximum Gasteiger partial charge on any atom is 0.163 e. The van der Waals surface area contributed by atoms with Gasteiger partial charge in [-0.2, -0.15) is 5.10 Å². The Morgan fingerprint density at radius 1 is 1.25 bits per heavy atom. The van der Waals surface area contributed by atoms with Gasteiger partial charge in [-0.15, -0.1) is 5.10 Å². The van der Waals surface area contributed by atoms with E-state index in [0.29, 0.717) is 22.6 Å². The Morgan fingerprint density at radius 2 is 1.95 bits per heavy atom. The van der Waals surface area contributed by atoms with Crippen molar-refractivity contribution in [3.8, 4) is 0 Å². The van der Waals surface area contributed by atoms with Gasteiger partial charge in [-0.05, 0) is 50.1 Å². The predicted molar refractivity (Wildman–Crippen MR) is 81.8 cm³/mol. The number of aryl methyl sites for hydroxylation is 2. The first-order valence-corrected chi connectivity index (χ1v) is 6.48. The molecular weight excluding hydrogens is 275 g/mol. The Hall–Kier alpha value is -2.08. The molecule has 2 rings (SSSR count). The minimum Gasteiger partial charge on any atom is -0.389 e. The van der Waals surface area contributed by atoms with Gasteiger partial charge < -0.3 is 11.1 Å². The normalized spacial score (nSPS) is 10.4. The van der Waals surface area contributed by atoms with Gasteiger partial charge in [0.2, 0.25) is 0 Å². The first-order valence-electron chi connectivity index (χ1n) is 6.07. The van der Waals surface area contributed by atoms with E-state index in [1.165, 1.54) is 6.07 Å². The first kappa shape index (κ1) is 14.3. The lowest BCUT2D eigenvalue weighted by molar-refractivity contribution is 0.619. The van der Waals surface area contributed by atoms with Crippen molar-refractivity contribution in [3.63, 3.8) is 0 Å². The molecule has 0 radical (unpaired) electrons. The number of benzene rings is 1. The molecule has 104 valence electrons. The molecule has 0 saturated heterocycles. The molecule has 3 N–H and O–H groups in total. The van der Waals surface area contributed by atoms with Gasteiger partial charge >= 0.3 is 0 Å². The molecule has 0 aliphatic carbocycles. The molecule has 0 aliphatic rings. The first-order chi connectivity index (χ1) is 9.40. The molecule has 0 unspecified atom stereocenters. The van der Waals surface area contributed by atoms with Crippen molar-refractivity contribution >= 4 is 28.7 Å². The second-order valence-electron chi connectivity index (χ2n) is 4.59. The monoisotopic (exact) mass is 290 g/mol. The predicted octanol–water partition coefficient (Wildman–Crippen LogP) is 2.92. The van der Waals surface area contributed by atoms with Gasteiger partial charge in [-0.25, -0.2) is 4.39 Å². The number of hydrogen-bond acceptors (Lipinski definition) is 4. The molecule has 1 aromatic heterocycles. The standard InChI is InChI=1S/C14H15FN4S/c1-7-6-10(4-5-11(7)15)17-14-12(13(16)20)8(2)9(3)18-19-14/h4-6H,1-3H3,(H2,16,20)(H,17,19). The zero-order valence-corrected chi connectivity index (χ0v) is 12.3. The van der Waals surface area contributed by atoms with E-state index in [1.54, 1.807) is 19.1 Å². The number of nitrogens with two attached hydrogens (primary N) is 1. The molecule has 1 aromatic carbocycles. The lowest BCUT2D eigenvalue weighted by atomic mass is 10.1. The van der Waals surface area contributed by atoms with Crippen molar-refractivity contribution in [2.24, 2.45) is 5.73 Å². The molecule has 20 heavy (non-hydrogen) atoms. The van der Waals surface area contributed by atoms with Gasteiger partial charge in [0.1, 0.15) is 10.8 Å². The van der Waals surface area contributed by atoms with Crippen LogP contribution in [0.3, 0.4) is 0 Å². The molecule has 0 spiro atoms. The topological polar surface area (TPSA) is 63.8 Å². The fourth-order valence-corrected chi connectivity index (χ4v) is 2.11. The van der Waals surface area contributed by atoms with Crippen LogP contribution in [0.2, 0.25) is 0 Å². The molecular formula is C14H15FN4S. The zero-order valence-electron chi connectivity index (χ0n) is 11.5. The lowest BCUT2D eigenvalue weighted by Crippen LogP contribution is -2.16. The van der Waals surface area contributed by atoms with Crippen LogP contribution >= 0.6 is 12.2 Å². The highest BCUT2D eigenvalue weighted by molar-refractivity contribution is 7.80. The van der Waals surface area contributed by atoms with Crippen LogP contribution < -0.4 is 11.1 Å². The third kappa shape index (κ3) is 2.75. The van der Waals surface area contributed by atoms with Gasteiger partial charge in [0, 0.05) is 5.69 Å². The van der Waals surface area contributed by atoms with Crippen molar-refractivity contribution in [3.05, 3.63) is 46.4 Å². The highest BCUT2D eigenvalue weighted by atomic mass is 32.1. The Labute approximate surface area is 122 Å². The van der Waals surface area contributed by atoms with Crippen molar-refractivity contribution in [1.29, 1.82) is 0 Å². The second-order valence-corrected chi connectivity index (χ2v) is 5.03. The van der Waals surface area contributed by atoms with Gasteiger partial charge in [-0.1, -0.05) is 12.2 Å². The average molecular weight is 290 g/mol. The fraction of sp³-hybridized carbons (Fsp3) is 0.214. The maximum atomic E-state index is 13.3. The number of thiocarbonyl (C=S) groups is 1. The van der Waals surface area contributed by atoms with Crippen molar-refractivity contribution in [1.82, 2.24) is 10.2 Å². The second kappa shape index (κ2) is 5.50. The highest BCUT2D eigenvalue weighted by Crippen LogP contribution is 2.23. The average Bonchev–Trinajstić information content (AvgIpc) is 2.38. The molecule has 4 nitrogen and oxygen atoms in total. The molecule has 0 fully saturated rings. The number of aromatic nitrogens is 2. The van der Waals surface area contributed by atoms with Gasteiger partial charge in [0.05, 0.1) is 11.3 Å². The Balaban J connectivity index is 2.45. The summed E-state index contributed by atoms with van der Waals surface area (Å²) in [6.45, 7) is 5.43. The largest absolute Gasteiger partial charge is 0.389 e. The van der Waals surface area contributed by atoms with Crippen LogP contribution in [0.25, 0.3) is 0 Å². The SMILES string of the molecule is Cc1cc(Nc2nnc(C)c(C)c2C(N)=S)ccc1F. The minimum atomic E-state index is -0.253. The lowest BCUT2D eigenvalue weighted by Gasteiger charge is -2.13. The number of hydrogen-bond donors (Lipinski definition) is 2. The van der Waals surface area contributed by atoms with Crippen molar-refractivity contribution < 1.29 is 4.39 Å². The van der Waals surface area contributed by atoms with Crippen LogP contribution in [-0.4, -0.2) is 15.2 Å². The minimum absolute atomic E-state index is 0.252. The van der Waals surface area contributed by atoms with E-state index in [1.807, 2.05) is 13.8 Å². The fourth-order valence-electron chi connectivity index (χ4n) is 1.86. The van der Waals surface area contributed by atoms with Gasteiger partial charge in [0.15, 0.2) is 5.82 Å². The zero-order chi connectivity index (χ0) is 14.9. The Morgan fingerprint density at radius 3 is 2.55 bits per heavy atom. The number of anilines is 2. The summed E-state index contributed by atoms with van der Waals surface area (Å²) in [7, 11) is 0. The molecule has 0 atom stereocenters. The summed E-state index contributed by atoms with van der Waals surface area (Å²) < 4.78 is 13.3. The summed E-state index contributed by atoms with van der Waals surface area (Å²) in [5, 5.41) is 11.2. The maximum absolute atomic E-state index is 13.3. The summed E-state index contributed by atoms with van der Waals surface area (Å²) in [5.41, 5.74) is 9.32. The third-order valence-electron chi connectivity index (χ3n) is 3.12.